The molecule has 0 radical (unpaired) electrons. The van der Waals surface area contributed by atoms with Crippen LogP contribution in [0.25, 0.3) is 21.5 Å². The molecule has 0 aliphatic heterocycles. The van der Waals surface area contributed by atoms with E-state index in [1.54, 1.807) is 0 Å². The van der Waals surface area contributed by atoms with Gasteiger partial charge in [-0.05, 0) is 47.9 Å². The van der Waals surface area contributed by atoms with Gasteiger partial charge in [0.25, 0.3) is 0 Å². The first-order valence-electron chi connectivity index (χ1n) is 6.05. The highest BCUT2D eigenvalue weighted by Crippen LogP contribution is 2.29. The van der Waals surface area contributed by atoms with Crippen molar-refractivity contribution >= 4 is 21.5 Å². The molecule has 17 heavy (non-hydrogen) atoms. The highest BCUT2D eigenvalue weighted by molar-refractivity contribution is 6.09. The fraction of sp³-hybridized carbons (Fsp3) is 0.176. The molecule has 0 amide bonds. The zero-order valence-electron chi connectivity index (χ0n) is 10.5. The van der Waals surface area contributed by atoms with E-state index in [4.69, 9.17) is 0 Å². The van der Waals surface area contributed by atoms with Gasteiger partial charge in [0.05, 0.1) is 0 Å². The summed E-state index contributed by atoms with van der Waals surface area (Å²) in [5, 5.41) is 5.45. The van der Waals surface area contributed by atoms with Crippen LogP contribution in [0.4, 0.5) is 0 Å². The summed E-state index contributed by atoms with van der Waals surface area (Å²) in [6.07, 6.45) is 0. The lowest BCUT2D eigenvalue weighted by Crippen LogP contribution is -1.84. The molecule has 0 N–H and O–H groups in total. The average molecular weight is 220 g/mol. The Morgan fingerprint density at radius 3 is 2.00 bits per heavy atom. The Bertz CT molecular complexity index is 721. The van der Waals surface area contributed by atoms with E-state index in [0.717, 1.165) is 0 Å². The molecule has 0 atom stereocenters. The fourth-order valence-electron chi connectivity index (χ4n) is 2.58. The molecule has 3 aromatic carbocycles. The van der Waals surface area contributed by atoms with Gasteiger partial charge >= 0.3 is 0 Å². The van der Waals surface area contributed by atoms with Crippen LogP contribution in [0.1, 0.15) is 16.7 Å². The first-order chi connectivity index (χ1) is 8.15. The third-order valence-corrected chi connectivity index (χ3v) is 3.47. The maximum atomic E-state index is 2.29. The molecule has 0 spiro atoms. The van der Waals surface area contributed by atoms with Crippen LogP contribution < -0.4 is 0 Å². The summed E-state index contributed by atoms with van der Waals surface area (Å²) in [6.45, 7) is 6.50. The van der Waals surface area contributed by atoms with E-state index in [1.807, 2.05) is 0 Å². The minimum atomic E-state index is 1.32. The molecule has 0 aliphatic carbocycles. The number of aryl methyl sites for hydroxylation is 3. The minimum absolute atomic E-state index is 1.32. The van der Waals surface area contributed by atoms with Crippen LogP contribution in [0, 0.1) is 20.8 Å². The van der Waals surface area contributed by atoms with E-state index in [9.17, 15) is 0 Å². The predicted octanol–water partition coefficient (Wildman–Crippen LogP) is 4.92. The monoisotopic (exact) mass is 220 g/mol. The second-order valence-corrected chi connectivity index (χ2v) is 4.97. The van der Waals surface area contributed by atoms with Crippen LogP contribution in [-0.2, 0) is 0 Å². The van der Waals surface area contributed by atoms with Crippen molar-refractivity contribution in [2.45, 2.75) is 20.8 Å². The third-order valence-electron chi connectivity index (χ3n) is 3.47. The summed E-state index contributed by atoms with van der Waals surface area (Å²) in [4.78, 5) is 0. The second-order valence-electron chi connectivity index (χ2n) is 4.97. The molecule has 0 saturated carbocycles. The Morgan fingerprint density at radius 1 is 0.588 bits per heavy atom. The number of fused-ring (bicyclic) bond motifs is 3. The first-order valence-corrected chi connectivity index (χ1v) is 6.05. The van der Waals surface area contributed by atoms with Crippen LogP contribution in [0.5, 0.6) is 0 Å². The summed E-state index contributed by atoms with van der Waals surface area (Å²) in [6, 6.07) is 15.7. The van der Waals surface area contributed by atoms with E-state index >= 15 is 0 Å². The standard InChI is InChI=1S/C17H16/c1-11-5-7-16-14(8-11)10-13(3)15-6-4-12(2)9-17(15)16/h4-10H,1-3H3. The van der Waals surface area contributed by atoms with Gasteiger partial charge in [-0.3, -0.25) is 0 Å². The quantitative estimate of drug-likeness (QED) is 0.472. The van der Waals surface area contributed by atoms with Gasteiger partial charge in [0.2, 0.25) is 0 Å². The highest BCUT2D eigenvalue weighted by atomic mass is 14.1. The van der Waals surface area contributed by atoms with Crippen LogP contribution in [0.2, 0.25) is 0 Å². The van der Waals surface area contributed by atoms with Crippen molar-refractivity contribution in [2.75, 3.05) is 0 Å². The number of hydrogen-bond acceptors (Lipinski definition) is 0. The number of hydrogen-bond donors (Lipinski definition) is 0. The molecule has 0 nitrogen and oxygen atoms in total. The van der Waals surface area contributed by atoms with Crippen LogP contribution in [-0.4, -0.2) is 0 Å². The van der Waals surface area contributed by atoms with E-state index in [0.29, 0.717) is 0 Å². The maximum absolute atomic E-state index is 2.29. The van der Waals surface area contributed by atoms with Crippen LogP contribution in [0.3, 0.4) is 0 Å². The zero-order valence-corrected chi connectivity index (χ0v) is 10.5. The lowest BCUT2D eigenvalue weighted by atomic mass is 9.96. The van der Waals surface area contributed by atoms with Gasteiger partial charge in [0.1, 0.15) is 0 Å². The molecule has 0 fully saturated rings. The Kier molecular flexibility index (Phi) is 2.19. The first kappa shape index (κ1) is 10.3. The highest BCUT2D eigenvalue weighted by Gasteiger charge is 2.04. The predicted molar refractivity (Wildman–Crippen MR) is 75.7 cm³/mol. The summed E-state index contributed by atoms with van der Waals surface area (Å²) >= 11 is 0. The van der Waals surface area contributed by atoms with Gasteiger partial charge < -0.3 is 0 Å². The molecule has 0 aliphatic rings. The van der Waals surface area contributed by atoms with Crippen molar-refractivity contribution in [1.82, 2.24) is 0 Å². The molecule has 0 heterocycles. The average Bonchev–Trinajstić information content (AvgIpc) is 2.28. The molecule has 0 saturated heterocycles. The Balaban J connectivity index is 2.57. The van der Waals surface area contributed by atoms with E-state index in [-0.39, 0.29) is 0 Å². The summed E-state index contributed by atoms with van der Waals surface area (Å²) in [5.41, 5.74) is 4.01. The second kappa shape index (κ2) is 3.59. The third kappa shape index (κ3) is 1.61. The summed E-state index contributed by atoms with van der Waals surface area (Å²) in [7, 11) is 0. The van der Waals surface area contributed by atoms with Gasteiger partial charge in [-0.1, -0.05) is 53.6 Å². The lowest BCUT2D eigenvalue weighted by Gasteiger charge is -2.09. The molecule has 3 aromatic rings. The van der Waals surface area contributed by atoms with Crippen molar-refractivity contribution in [3.05, 3.63) is 59.2 Å². The molecule has 0 unspecified atom stereocenters. The van der Waals surface area contributed by atoms with E-state index < -0.39 is 0 Å². The smallest absolute Gasteiger partial charge is 0.0100 e. The minimum Gasteiger partial charge on any atom is -0.0587 e. The SMILES string of the molecule is Cc1ccc2c(c1)cc(C)c1ccc(C)cc12. The lowest BCUT2D eigenvalue weighted by molar-refractivity contribution is 1.47. The summed E-state index contributed by atoms with van der Waals surface area (Å²) < 4.78 is 0. The molecule has 84 valence electrons. The normalized spacial score (nSPS) is 11.2. The zero-order chi connectivity index (χ0) is 12.0. The molecule has 0 aromatic heterocycles. The Hall–Kier alpha value is -1.82. The van der Waals surface area contributed by atoms with Crippen LogP contribution >= 0.6 is 0 Å². The summed E-state index contributed by atoms with van der Waals surface area (Å²) in [5.74, 6) is 0. The number of rotatable bonds is 0. The van der Waals surface area contributed by atoms with Crippen molar-refractivity contribution in [3.8, 4) is 0 Å². The van der Waals surface area contributed by atoms with Gasteiger partial charge in [-0.2, -0.15) is 0 Å². The topological polar surface area (TPSA) is 0 Å². The van der Waals surface area contributed by atoms with Crippen LogP contribution in [0.15, 0.2) is 42.5 Å². The molecule has 0 bridgehead atoms. The van der Waals surface area contributed by atoms with Gasteiger partial charge in [-0.15, -0.1) is 0 Å². The Labute approximate surface area is 102 Å². The maximum Gasteiger partial charge on any atom is -0.0100 e. The van der Waals surface area contributed by atoms with Crippen molar-refractivity contribution < 1.29 is 0 Å². The van der Waals surface area contributed by atoms with Gasteiger partial charge in [-0.25, -0.2) is 0 Å². The van der Waals surface area contributed by atoms with Crippen molar-refractivity contribution in [3.63, 3.8) is 0 Å². The number of benzene rings is 3. The van der Waals surface area contributed by atoms with Gasteiger partial charge in [0.15, 0.2) is 0 Å². The largest absolute Gasteiger partial charge is 0.0587 e. The van der Waals surface area contributed by atoms with E-state index in [1.165, 1.54) is 38.2 Å². The molecular weight excluding hydrogens is 204 g/mol. The van der Waals surface area contributed by atoms with E-state index in [2.05, 4.69) is 63.2 Å². The Morgan fingerprint density at radius 2 is 1.24 bits per heavy atom. The van der Waals surface area contributed by atoms with Crippen molar-refractivity contribution in [1.29, 1.82) is 0 Å². The van der Waals surface area contributed by atoms with Gasteiger partial charge in [0, 0.05) is 0 Å². The molecular formula is C17H16. The van der Waals surface area contributed by atoms with Crippen molar-refractivity contribution in [2.24, 2.45) is 0 Å². The fourth-order valence-corrected chi connectivity index (χ4v) is 2.58. The molecule has 3 rings (SSSR count). The molecule has 0 heteroatoms.